The van der Waals surface area contributed by atoms with Crippen molar-refractivity contribution in [2.75, 3.05) is 0 Å². The molecule has 170 valence electrons. The molecule has 0 saturated heterocycles. The first kappa shape index (κ1) is 23.1. The Hall–Kier alpha value is -3.06. The van der Waals surface area contributed by atoms with E-state index in [1.54, 1.807) is 6.07 Å². The summed E-state index contributed by atoms with van der Waals surface area (Å²) in [5, 5.41) is 10.2. The minimum absolute atomic E-state index is 0.281. The average Bonchev–Trinajstić information content (AvgIpc) is 2.82. The summed E-state index contributed by atoms with van der Waals surface area (Å²) in [6.07, 6.45) is 9.85. The minimum atomic E-state index is -0.882. The first-order chi connectivity index (χ1) is 16.0. The van der Waals surface area contributed by atoms with Gasteiger partial charge in [0.25, 0.3) is 0 Å². The smallest absolute Gasteiger partial charge is 0.144 e. The molecule has 4 heteroatoms. The van der Waals surface area contributed by atoms with Crippen molar-refractivity contribution in [1.29, 1.82) is 5.26 Å². The van der Waals surface area contributed by atoms with Gasteiger partial charge in [-0.25, -0.2) is 13.2 Å². The van der Waals surface area contributed by atoms with Gasteiger partial charge in [-0.15, -0.1) is 6.58 Å². The predicted octanol–water partition coefficient (Wildman–Crippen LogP) is 7.84. The molecule has 0 amide bonds. The second kappa shape index (κ2) is 10.3. The molecule has 4 rings (SSSR count). The number of aryl methyl sites for hydroxylation is 3. The Morgan fingerprint density at radius 2 is 1.61 bits per heavy atom. The third kappa shape index (κ3) is 5.30. The van der Waals surface area contributed by atoms with Crippen LogP contribution in [0.5, 0.6) is 0 Å². The van der Waals surface area contributed by atoms with Crippen LogP contribution in [0.2, 0.25) is 0 Å². The highest BCUT2D eigenvalue weighted by Gasteiger charge is 2.19. The van der Waals surface area contributed by atoms with E-state index in [0.717, 1.165) is 36.3 Å². The molecule has 33 heavy (non-hydrogen) atoms. The van der Waals surface area contributed by atoms with E-state index in [0.29, 0.717) is 28.9 Å². The number of nitrogens with zero attached hydrogens (tertiary/aromatic N) is 1. The molecule has 0 N–H and O–H groups in total. The fourth-order valence-corrected chi connectivity index (χ4v) is 4.97. The monoisotopic (exact) mass is 447 g/mol. The van der Waals surface area contributed by atoms with Crippen LogP contribution in [-0.4, -0.2) is 0 Å². The van der Waals surface area contributed by atoms with E-state index in [9.17, 15) is 8.78 Å². The van der Waals surface area contributed by atoms with Crippen LogP contribution in [0, 0.1) is 40.6 Å². The fourth-order valence-electron chi connectivity index (χ4n) is 4.97. The summed E-state index contributed by atoms with van der Waals surface area (Å²) >= 11 is 0. The van der Waals surface area contributed by atoms with Crippen LogP contribution in [0.15, 0.2) is 55.1 Å². The molecular weight excluding hydrogens is 419 g/mol. The molecule has 0 spiro atoms. The van der Waals surface area contributed by atoms with Crippen LogP contribution < -0.4 is 0 Å². The topological polar surface area (TPSA) is 23.8 Å². The number of benzene rings is 3. The van der Waals surface area contributed by atoms with Gasteiger partial charge in [0, 0.05) is 5.39 Å². The molecule has 0 atom stereocenters. The number of halogens is 3. The van der Waals surface area contributed by atoms with Crippen molar-refractivity contribution in [1.82, 2.24) is 0 Å². The maximum absolute atomic E-state index is 15.1. The molecule has 1 saturated carbocycles. The summed E-state index contributed by atoms with van der Waals surface area (Å²) in [7, 11) is 0. The molecule has 0 aliphatic heterocycles. The van der Waals surface area contributed by atoms with Crippen LogP contribution in [0.1, 0.15) is 54.4 Å². The highest BCUT2D eigenvalue weighted by molar-refractivity contribution is 5.84. The lowest BCUT2D eigenvalue weighted by molar-refractivity contribution is 0.296. The van der Waals surface area contributed by atoms with Gasteiger partial charge in [-0.2, -0.15) is 5.26 Å². The first-order valence-corrected chi connectivity index (χ1v) is 11.7. The number of hydrogen-bond acceptors (Lipinski definition) is 1. The van der Waals surface area contributed by atoms with Crippen molar-refractivity contribution in [2.24, 2.45) is 11.8 Å². The van der Waals surface area contributed by atoms with Gasteiger partial charge in [-0.3, -0.25) is 0 Å². The molecule has 1 aliphatic rings. The highest BCUT2D eigenvalue weighted by atomic mass is 19.1. The Morgan fingerprint density at radius 3 is 2.27 bits per heavy atom. The maximum Gasteiger partial charge on any atom is 0.144 e. The summed E-state index contributed by atoms with van der Waals surface area (Å²) in [6, 6.07) is 13.4. The molecular formula is C29H28F3N. The van der Waals surface area contributed by atoms with Gasteiger partial charge >= 0.3 is 0 Å². The van der Waals surface area contributed by atoms with Gasteiger partial charge < -0.3 is 0 Å². The van der Waals surface area contributed by atoms with E-state index in [1.807, 2.05) is 18.2 Å². The zero-order valence-corrected chi connectivity index (χ0v) is 18.7. The van der Waals surface area contributed by atoms with Crippen molar-refractivity contribution in [3.05, 3.63) is 94.8 Å². The standard InChI is InChI=1S/C29H28F3N/c1-2-19-3-5-20(6-4-19)7-8-21-10-14-25-24(15-21)13-12-23(29(25)32)11-9-22-16-27(30)26(18-33)28(31)17-22/h2,10,12-17,19-20H,1,3-9,11H2. The van der Waals surface area contributed by atoms with E-state index < -0.39 is 17.2 Å². The lowest BCUT2D eigenvalue weighted by Crippen LogP contribution is -2.13. The predicted molar refractivity (Wildman–Crippen MR) is 126 cm³/mol. The number of rotatable bonds is 7. The van der Waals surface area contributed by atoms with E-state index in [1.165, 1.54) is 37.3 Å². The lowest BCUT2D eigenvalue weighted by atomic mass is 9.79. The minimum Gasteiger partial charge on any atom is -0.206 e. The van der Waals surface area contributed by atoms with Crippen molar-refractivity contribution in [3.8, 4) is 6.07 Å². The molecule has 1 aliphatic carbocycles. The van der Waals surface area contributed by atoms with E-state index in [4.69, 9.17) is 5.26 Å². The van der Waals surface area contributed by atoms with Gasteiger partial charge in [0.1, 0.15) is 29.1 Å². The molecule has 0 aromatic heterocycles. The van der Waals surface area contributed by atoms with E-state index in [2.05, 4.69) is 18.7 Å². The second-order valence-corrected chi connectivity index (χ2v) is 9.20. The van der Waals surface area contributed by atoms with Crippen LogP contribution in [0.3, 0.4) is 0 Å². The number of nitriles is 1. The number of allylic oxidation sites excluding steroid dienone is 1. The third-order valence-electron chi connectivity index (χ3n) is 7.06. The zero-order chi connectivity index (χ0) is 23.4. The molecule has 1 fully saturated rings. The second-order valence-electron chi connectivity index (χ2n) is 9.20. The van der Waals surface area contributed by atoms with Gasteiger partial charge in [0.05, 0.1) is 0 Å². The van der Waals surface area contributed by atoms with Crippen LogP contribution in [0.25, 0.3) is 10.8 Å². The molecule has 1 nitrogen and oxygen atoms in total. The van der Waals surface area contributed by atoms with Gasteiger partial charge in [-0.05, 0) is 97.4 Å². The molecule has 3 aromatic carbocycles. The SMILES string of the molecule is C=CC1CCC(CCc2ccc3c(F)c(CCc4cc(F)c(C#N)c(F)c4)ccc3c2)CC1. The highest BCUT2D eigenvalue weighted by Crippen LogP contribution is 2.32. The summed E-state index contributed by atoms with van der Waals surface area (Å²) in [5.41, 5.74) is 1.56. The normalized spacial score (nSPS) is 18.2. The summed E-state index contributed by atoms with van der Waals surface area (Å²) in [6.45, 7) is 3.91. The van der Waals surface area contributed by atoms with Crippen molar-refractivity contribution in [3.63, 3.8) is 0 Å². The van der Waals surface area contributed by atoms with E-state index in [-0.39, 0.29) is 12.2 Å². The third-order valence-corrected chi connectivity index (χ3v) is 7.06. The Labute approximate surface area is 193 Å². The van der Waals surface area contributed by atoms with Crippen LogP contribution in [0.4, 0.5) is 13.2 Å². The zero-order valence-electron chi connectivity index (χ0n) is 18.7. The van der Waals surface area contributed by atoms with Gasteiger partial charge in [0.2, 0.25) is 0 Å². The van der Waals surface area contributed by atoms with Gasteiger partial charge in [0.15, 0.2) is 0 Å². The molecule has 0 radical (unpaired) electrons. The van der Waals surface area contributed by atoms with E-state index >= 15 is 4.39 Å². The van der Waals surface area contributed by atoms with Gasteiger partial charge in [-0.1, -0.05) is 36.4 Å². The van der Waals surface area contributed by atoms with Crippen molar-refractivity contribution < 1.29 is 13.2 Å². The molecule has 0 unspecified atom stereocenters. The lowest BCUT2D eigenvalue weighted by Gasteiger charge is -2.26. The Kier molecular flexibility index (Phi) is 7.18. The van der Waals surface area contributed by atoms with Crippen LogP contribution in [-0.2, 0) is 19.3 Å². The Morgan fingerprint density at radius 1 is 0.879 bits per heavy atom. The number of hydrogen-bond donors (Lipinski definition) is 0. The maximum atomic E-state index is 15.1. The summed E-state index contributed by atoms with van der Waals surface area (Å²) < 4.78 is 42.8. The van der Waals surface area contributed by atoms with Crippen LogP contribution >= 0.6 is 0 Å². The largest absolute Gasteiger partial charge is 0.206 e. The Balaban J connectivity index is 1.42. The summed E-state index contributed by atoms with van der Waals surface area (Å²) in [4.78, 5) is 0. The average molecular weight is 448 g/mol. The molecule has 0 heterocycles. The molecule has 3 aromatic rings. The molecule has 0 bridgehead atoms. The number of fused-ring (bicyclic) bond motifs is 1. The first-order valence-electron chi connectivity index (χ1n) is 11.7. The van der Waals surface area contributed by atoms with Crippen molar-refractivity contribution in [2.45, 2.75) is 51.4 Å². The van der Waals surface area contributed by atoms with Crippen molar-refractivity contribution >= 4 is 10.8 Å². The quantitative estimate of drug-likeness (QED) is 0.339. The Bertz CT molecular complexity index is 1180. The summed E-state index contributed by atoms with van der Waals surface area (Å²) in [5.74, 6) is -0.612. The fraction of sp³-hybridized carbons (Fsp3) is 0.345.